The van der Waals surface area contributed by atoms with Crippen molar-refractivity contribution in [1.82, 2.24) is 4.90 Å². The van der Waals surface area contributed by atoms with Crippen LogP contribution in [0.1, 0.15) is 42.2 Å². The maximum Gasteiger partial charge on any atom is 0.338 e. The fraction of sp³-hybridized carbons (Fsp3) is 0.318. The highest BCUT2D eigenvalue weighted by Gasteiger charge is 2.37. The van der Waals surface area contributed by atoms with E-state index in [0.29, 0.717) is 24.4 Å². The molecule has 2 aromatic carbocycles. The lowest BCUT2D eigenvalue weighted by molar-refractivity contribution is -0.129. The van der Waals surface area contributed by atoms with E-state index in [2.05, 4.69) is 5.32 Å². The van der Waals surface area contributed by atoms with Gasteiger partial charge in [-0.05, 0) is 43.7 Å². The Kier molecular flexibility index (Phi) is 6.09. The number of rotatable bonds is 6. The number of carbonyl (C=O) groups is 3. The molecule has 1 aliphatic rings. The molecule has 0 aliphatic carbocycles. The van der Waals surface area contributed by atoms with Gasteiger partial charge in [0.2, 0.25) is 11.8 Å². The number of carbonyl (C=O) groups excluding carboxylic acids is 3. The van der Waals surface area contributed by atoms with E-state index in [-0.39, 0.29) is 24.3 Å². The fourth-order valence-electron chi connectivity index (χ4n) is 3.34. The van der Waals surface area contributed by atoms with Gasteiger partial charge in [-0.15, -0.1) is 0 Å². The van der Waals surface area contributed by atoms with E-state index in [1.54, 1.807) is 36.1 Å². The number of nitrogens with zero attached hydrogens (tertiary/aromatic N) is 1. The number of anilines is 1. The third-order valence-electron chi connectivity index (χ3n) is 4.94. The van der Waals surface area contributed by atoms with E-state index in [1.165, 1.54) is 0 Å². The molecule has 1 fully saturated rings. The van der Waals surface area contributed by atoms with E-state index in [1.807, 2.05) is 37.3 Å². The average Bonchev–Trinajstić information content (AvgIpc) is 3.10. The standard InChI is InChI=1S/C22H24N2O4/c1-3-28-22(27)17-9-11-19(12-10-17)23-21(26)18-13-20(25)24(14-18)15(2)16-7-5-4-6-8-16/h4-12,15,18H,3,13-14H2,1-2H3,(H,23,26)/t15-,18+/m0/s1. The molecule has 1 saturated heterocycles. The highest BCUT2D eigenvalue weighted by atomic mass is 16.5. The summed E-state index contributed by atoms with van der Waals surface area (Å²) in [4.78, 5) is 38.5. The van der Waals surface area contributed by atoms with Crippen molar-refractivity contribution in [1.29, 1.82) is 0 Å². The summed E-state index contributed by atoms with van der Waals surface area (Å²) in [6, 6.07) is 16.2. The second-order valence-corrected chi connectivity index (χ2v) is 6.82. The number of ether oxygens (including phenoxy) is 1. The molecule has 146 valence electrons. The molecule has 2 atom stereocenters. The molecular weight excluding hydrogens is 356 g/mol. The van der Waals surface area contributed by atoms with Crippen LogP contribution in [0.5, 0.6) is 0 Å². The number of hydrogen-bond donors (Lipinski definition) is 1. The molecular formula is C22H24N2O4. The highest BCUT2D eigenvalue weighted by molar-refractivity contribution is 5.97. The molecule has 3 rings (SSSR count). The Balaban J connectivity index is 1.61. The van der Waals surface area contributed by atoms with Gasteiger partial charge in [0.05, 0.1) is 24.1 Å². The van der Waals surface area contributed by atoms with Gasteiger partial charge in [-0.2, -0.15) is 0 Å². The monoisotopic (exact) mass is 380 g/mol. The van der Waals surface area contributed by atoms with Crippen molar-refractivity contribution in [2.24, 2.45) is 5.92 Å². The Morgan fingerprint density at radius 2 is 1.82 bits per heavy atom. The van der Waals surface area contributed by atoms with Crippen LogP contribution in [-0.2, 0) is 14.3 Å². The van der Waals surface area contributed by atoms with Gasteiger partial charge in [-0.25, -0.2) is 4.79 Å². The van der Waals surface area contributed by atoms with Gasteiger partial charge in [0.15, 0.2) is 0 Å². The van der Waals surface area contributed by atoms with Crippen molar-refractivity contribution < 1.29 is 19.1 Å². The average molecular weight is 380 g/mol. The zero-order valence-corrected chi connectivity index (χ0v) is 16.1. The van der Waals surface area contributed by atoms with E-state index < -0.39 is 11.9 Å². The zero-order chi connectivity index (χ0) is 20.1. The predicted molar refractivity (Wildman–Crippen MR) is 106 cm³/mol. The largest absolute Gasteiger partial charge is 0.462 e. The van der Waals surface area contributed by atoms with Crippen LogP contribution in [0.15, 0.2) is 54.6 Å². The summed E-state index contributed by atoms with van der Waals surface area (Å²) < 4.78 is 4.94. The maximum absolute atomic E-state index is 12.6. The SMILES string of the molecule is CCOC(=O)c1ccc(NC(=O)[C@@H]2CC(=O)N([C@@H](C)c3ccccc3)C2)cc1. The van der Waals surface area contributed by atoms with Crippen molar-refractivity contribution in [3.05, 3.63) is 65.7 Å². The molecule has 0 radical (unpaired) electrons. The summed E-state index contributed by atoms with van der Waals surface area (Å²) in [5.41, 5.74) is 2.06. The lowest BCUT2D eigenvalue weighted by Crippen LogP contribution is -2.30. The highest BCUT2D eigenvalue weighted by Crippen LogP contribution is 2.29. The van der Waals surface area contributed by atoms with Crippen LogP contribution in [0.3, 0.4) is 0 Å². The topological polar surface area (TPSA) is 75.7 Å². The van der Waals surface area contributed by atoms with Crippen molar-refractivity contribution in [2.75, 3.05) is 18.5 Å². The summed E-state index contributed by atoms with van der Waals surface area (Å²) in [5.74, 6) is -1.01. The Bertz CT molecular complexity index is 849. The predicted octanol–water partition coefficient (Wildman–Crippen LogP) is 3.41. The molecule has 0 unspecified atom stereocenters. The number of nitrogens with one attached hydrogen (secondary N) is 1. The number of likely N-dealkylation sites (tertiary alicyclic amines) is 1. The molecule has 0 spiro atoms. The van der Waals surface area contributed by atoms with Crippen LogP contribution < -0.4 is 5.32 Å². The normalized spacial score (nSPS) is 17.3. The van der Waals surface area contributed by atoms with Gasteiger partial charge in [0, 0.05) is 18.7 Å². The van der Waals surface area contributed by atoms with Crippen LogP contribution in [0, 0.1) is 5.92 Å². The number of hydrogen-bond acceptors (Lipinski definition) is 4. The molecule has 0 aromatic heterocycles. The summed E-state index contributed by atoms with van der Waals surface area (Å²) in [6.45, 7) is 4.42. The molecule has 1 N–H and O–H groups in total. The minimum Gasteiger partial charge on any atom is -0.462 e. The van der Waals surface area contributed by atoms with Crippen molar-refractivity contribution in [3.8, 4) is 0 Å². The lowest BCUT2D eigenvalue weighted by atomic mass is 10.1. The molecule has 1 heterocycles. The second kappa shape index (κ2) is 8.69. The van der Waals surface area contributed by atoms with Gasteiger partial charge in [0.25, 0.3) is 0 Å². The molecule has 28 heavy (non-hydrogen) atoms. The number of amides is 2. The van der Waals surface area contributed by atoms with E-state index >= 15 is 0 Å². The van der Waals surface area contributed by atoms with E-state index in [9.17, 15) is 14.4 Å². The minimum atomic E-state index is -0.400. The first kappa shape index (κ1) is 19.6. The third kappa shape index (κ3) is 4.39. The number of benzene rings is 2. The van der Waals surface area contributed by atoms with Crippen molar-refractivity contribution >= 4 is 23.5 Å². The Morgan fingerprint density at radius 3 is 2.46 bits per heavy atom. The van der Waals surface area contributed by atoms with Gasteiger partial charge in [-0.3, -0.25) is 9.59 Å². The molecule has 2 amide bonds. The fourth-order valence-corrected chi connectivity index (χ4v) is 3.34. The van der Waals surface area contributed by atoms with E-state index in [0.717, 1.165) is 5.56 Å². The molecule has 6 heteroatoms. The van der Waals surface area contributed by atoms with Crippen LogP contribution in [-0.4, -0.2) is 35.8 Å². The minimum absolute atomic E-state index is 0.0193. The summed E-state index contributed by atoms with van der Waals surface area (Å²) in [5, 5.41) is 2.83. The Morgan fingerprint density at radius 1 is 1.14 bits per heavy atom. The first-order chi connectivity index (χ1) is 13.5. The molecule has 1 aliphatic heterocycles. The molecule has 0 saturated carbocycles. The van der Waals surface area contributed by atoms with E-state index in [4.69, 9.17) is 4.74 Å². The first-order valence-corrected chi connectivity index (χ1v) is 9.42. The van der Waals surface area contributed by atoms with Gasteiger partial charge >= 0.3 is 5.97 Å². The van der Waals surface area contributed by atoms with Crippen LogP contribution in [0.25, 0.3) is 0 Å². The molecule has 0 bridgehead atoms. The summed E-state index contributed by atoms with van der Waals surface area (Å²) >= 11 is 0. The number of esters is 1. The third-order valence-corrected chi connectivity index (χ3v) is 4.94. The maximum atomic E-state index is 12.6. The van der Waals surface area contributed by atoms with Crippen molar-refractivity contribution in [3.63, 3.8) is 0 Å². The lowest BCUT2D eigenvalue weighted by Gasteiger charge is -2.25. The molecule has 6 nitrogen and oxygen atoms in total. The summed E-state index contributed by atoms with van der Waals surface area (Å²) in [6.07, 6.45) is 0.198. The quantitative estimate of drug-likeness (QED) is 0.779. The summed E-state index contributed by atoms with van der Waals surface area (Å²) in [7, 11) is 0. The second-order valence-electron chi connectivity index (χ2n) is 6.82. The first-order valence-electron chi connectivity index (χ1n) is 9.42. The van der Waals surface area contributed by atoms with Gasteiger partial charge in [0.1, 0.15) is 0 Å². The Hall–Kier alpha value is -3.15. The smallest absolute Gasteiger partial charge is 0.338 e. The Labute approximate surface area is 164 Å². The van der Waals surface area contributed by atoms with Crippen molar-refractivity contribution in [2.45, 2.75) is 26.3 Å². The molecule has 2 aromatic rings. The zero-order valence-electron chi connectivity index (χ0n) is 16.1. The van der Waals surface area contributed by atoms with Gasteiger partial charge in [-0.1, -0.05) is 30.3 Å². The van der Waals surface area contributed by atoms with Crippen LogP contribution in [0.2, 0.25) is 0 Å². The van der Waals surface area contributed by atoms with Crippen LogP contribution in [0.4, 0.5) is 5.69 Å². The van der Waals surface area contributed by atoms with Crippen LogP contribution >= 0.6 is 0 Å². The van der Waals surface area contributed by atoms with Gasteiger partial charge < -0.3 is 15.0 Å².